The Morgan fingerprint density at radius 3 is 2.95 bits per heavy atom. The van der Waals surface area contributed by atoms with Crippen molar-refractivity contribution in [2.45, 2.75) is 58.7 Å². The van der Waals surface area contributed by atoms with Crippen molar-refractivity contribution in [3.05, 3.63) is 17.5 Å². The maximum absolute atomic E-state index is 11.9. The summed E-state index contributed by atoms with van der Waals surface area (Å²) in [4.78, 5) is 11.9. The van der Waals surface area contributed by atoms with Gasteiger partial charge in [-0.15, -0.1) is 0 Å². The van der Waals surface area contributed by atoms with Crippen LogP contribution in [0.5, 0.6) is 0 Å². The lowest BCUT2D eigenvalue weighted by Crippen LogP contribution is -2.40. The minimum absolute atomic E-state index is 0.0373. The number of aryl methyl sites for hydroxylation is 1. The summed E-state index contributed by atoms with van der Waals surface area (Å²) in [5.74, 6) is 0.392. The molecule has 0 saturated carbocycles. The van der Waals surface area contributed by atoms with Gasteiger partial charge in [0, 0.05) is 12.8 Å². The van der Waals surface area contributed by atoms with Gasteiger partial charge in [-0.3, -0.25) is 9.48 Å². The number of ether oxygens (including phenoxy) is 1. The molecule has 1 fully saturated rings. The number of amides is 1. The highest BCUT2D eigenvalue weighted by Gasteiger charge is 2.17. The van der Waals surface area contributed by atoms with Crippen molar-refractivity contribution in [1.29, 1.82) is 0 Å². The van der Waals surface area contributed by atoms with E-state index in [4.69, 9.17) is 4.74 Å². The van der Waals surface area contributed by atoms with E-state index in [0.717, 1.165) is 31.6 Å². The standard InChI is InChI=1S/C14H23N3O2/c1-10(2)12-8-17(16-11(12)3)9-13(18)15-14-6-4-5-7-19-14/h8,10,14H,4-7,9H2,1-3H3,(H,15,18). The molecule has 2 heterocycles. The molecule has 1 aromatic rings. The Hall–Kier alpha value is -1.36. The van der Waals surface area contributed by atoms with E-state index < -0.39 is 0 Å². The summed E-state index contributed by atoms with van der Waals surface area (Å²) in [5, 5.41) is 7.28. The molecule has 19 heavy (non-hydrogen) atoms. The number of hydrogen-bond donors (Lipinski definition) is 1. The zero-order valence-electron chi connectivity index (χ0n) is 12.0. The Morgan fingerprint density at radius 2 is 2.37 bits per heavy atom. The Kier molecular flexibility index (Phi) is 4.58. The molecule has 106 valence electrons. The van der Waals surface area contributed by atoms with Crippen LogP contribution in [0.1, 0.15) is 50.3 Å². The van der Waals surface area contributed by atoms with Gasteiger partial charge in [0.25, 0.3) is 0 Å². The summed E-state index contributed by atoms with van der Waals surface area (Å²) in [6, 6.07) is 0. The monoisotopic (exact) mass is 265 g/mol. The molecular formula is C14H23N3O2. The number of carbonyl (C=O) groups excluding carboxylic acids is 1. The molecule has 1 N–H and O–H groups in total. The minimum atomic E-state index is -0.123. The molecule has 1 saturated heterocycles. The molecule has 5 heteroatoms. The van der Waals surface area contributed by atoms with Crippen LogP contribution in [0.3, 0.4) is 0 Å². The first-order valence-corrected chi connectivity index (χ1v) is 7.01. The van der Waals surface area contributed by atoms with Gasteiger partial charge in [-0.25, -0.2) is 0 Å². The summed E-state index contributed by atoms with van der Waals surface area (Å²) < 4.78 is 7.20. The maximum atomic E-state index is 11.9. The predicted octanol–water partition coefficient (Wildman–Crippen LogP) is 1.96. The van der Waals surface area contributed by atoms with Crippen molar-refractivity contribution in [3.8, 4) is 0 Å². The second kappa shape index (κ2) is 6.19. The molecule has 1 aliphatic heterocycles. The van der Waals surface area contributed by atoms with E-state index in [1.165, 1.54) is 5.56 Å². The fourth-order valence-corrected chi connectivity index (χ4v) is 2.41. The summed E-state index contributed by atoms with van der Waals surface area (Å²) in [7, 11) is 0. The molecule has 1 atom stereocenters. The molecular weight excluding hydrogens is 242 g/mol. The maximum Gasteiger partial charge on any atom is 0.243 e. The lowest BCUT2D eigenvalue weighted by atomic mass is 10.1. The first kappa shape index (κ1) is 14.1. The fourth-order valence-electron chi connectivity index (χ4n) is 2.41. The molecule has 1 amide bonds. The highest BCUT2D eigenvalue weighted by molar-refractivity contribution is 5.75. The summed E-state index contributed by atoms with van der Waals surface area (Å²) in [5.41, 5.74) is 2.19. The van der Waals surface area contributed by atoms with Gasteiger partial charge in [0.1, 0.15) is 12.8 Å². The summed E-state index contributed by atoms with van der Waals surface area (Å²) >= 11 is 0. The molecule has 0 radical (unpaired) electrons. The molecule has 5 nitrogen and oxygen atoms in total. The van der Waals surface area contributed by atoms with Gasteiger partial charge in [-0.2, -0.15) is 5.10 Å². The van der Waals surface area contributed by atoms with Crippen molar-refractivity contribution in [2.75, 3.05) is 6.61 Å². The summed E-state index contributed by atoms with van der Waals surface area (Å²) in [6.07, 6.45) is 4.94. The average Bonchev–Trinajstić information content (AvgIpc) is 2.71. The second-order valence-corrected chi connectivity index (χ2v) is 5.44. The highest BCUT2D eigenvalue weighted by atomic mass is 16.5. The molecule has 2 rings (SSSR count). The Morgan fingerprint density at radius 1 is 1.58 bits per heavy atom. The van der Waals surface area contributed by atoms with Gasteiger partial charge in [0.2, 0.25) is 5.91 Å². The van der Waals surface area contributed by atoms with E-state index in [1.807, 2.05) is 13.1 Å². The number of carbonyl (C=O) groups is 1. The third-order valence-electron chi connectivity index (χ3n) is 3.41. The Bertz CT molecular complexity index is 434. The number of rotatable bonds is 4. The van der Waals surface area contributed by atoms with E-state index >= 15 is 0 Å². The van der Waals surface area contributed by atoms with Crippen molar-refractivity contribution in [1.82, 2.24) is 15.1 Å². The van der Waals surface area contributed by atoms with Gasteiger partial charge in [-0.1, -0.05) is 13.8 Å². The SMILES string of the molecule is Cc1nn(CC(=O)NC2CCCCO2)cc1C(C)C. The Labute approximate surface area is 114 Å². The molecule has 0 bridgehead atoms. The van der Waals surface area contributed by atoms with Crippen LogP contribution >= 0.6 is 0 Å². The van der Waals surface area contributed by atoms with Crippen LogP contribution in [0.25, 0.3) is 0 Å². The first-order valence-electron chi connectivity index (χ1n) is 7.01. The van der Waals surface area contributed by atoms with E-state index in [2.05, 4.69) is 24.3 Å². The smallest absolute Gasteiger partial charge is 0.243 e. The van der Waals surface area contributed by atoms with E-state index in [1.54, 1.807) is 4.68 Å². The van der Waals surface area contributed by atoms with Crippen molar-refractivity contribution in [2.24, 2.45) is 0 Å². The second-order valence-electron chi connectivity index (χ2n) is 5.44. The molecule has 0 aliphatic carbocycles. The van der Waals surface area contributed by atoms with E-state index in [-0.39, 0.29) is 18.7 Å². The molecule has 0 aromatic carbocycles. The zero-order chi connectivity index (χ0) is 13.8. The van der Waals surface area contributed by atoms with Crippen LogP contribution in [-0.2, 0) is 16.1 Å². The molecule has 0 spiro atoms. The normalized spacial score (nSPS) is 19.7. The third-order valence-corrected chi connectivity index (χ3v) is 3.41. The average molecular weight is 265 g/mol. The molecule has 1 aromatic heterocycles. The van der Waals surface area contributed by atoms with Crippen molar-refractivity contribution in [3.63, 3.8) is 0 Å². The van der Waals surface area contributed by atoms with Crippen molar-refractivity contribution < 1.29 is 9.53 Å². The zero-order valence-corrected chi connectivity index (χ0v) is 12.0. The van der Waals surface area contributed by atoms with Crippen LogP contribution in [0, 0.1) is 6.92 Å². The fraction of sp³-hybridized carbons (Fsp3) is 0.714. The van der Waals surface area contributed by atoms with E-state index in [0.29, 0.717) is 5.92 Å². The third kappa shape index (κ3) is 3.80. The molecule has 1 aliphatic rings. The highest BCUT2D eigenvalue weighted by Crippen LogP contribution is 2.17. The lowest BCUT2D eigenvalue weighted by Gasteiger charge is -2.23. The van der Waals surface area contributed by atoms with Crippen LogP contribution in [-0.4, -0.2) is 28.5 Å². The largest absolute Gasteiger partial charge is 0.359 e. The Balaban J connectivity index is 1.89. The van der Waals surface area contributed by atoms with Crippen molar-refractivity contribution >= 4 is 5.91 Å². The van der Waals surface area contributed by atoms with Crippen LogP contribution in [0.4, 0.5) is 0 Å². The van der Waals surface area contributed by atoms with Crippen LogP contribution < -0.4 is 5.32 Å². The van der Waals surface area contributed by atoms with E-state index in [9.17, 15) is 4.79 Å². The quantitative estimate of drug-likeness (QED) is 0.905. The minimum Gasteiger partial charge on any atom is -0.359 e. The first-order chi connectivity index (χ1) is 9.06. The van der Waals surface area contributed by atoms with Crippen LogP contribution in [0.15, 0.2) is 6.20 Å². The predicted molar refractivity (Wildman–Crippen MR) is 72.8 cm³/mol. The number of aromatic nitrogens is 2. The van der Waals surface area contributed by atoms with Crippen LogP contribution in [0.2, 0.25) is 0 Å². The van der Waals surface area contributed by atoms with Gasteiger partial charge in [0.15, 0.2) is 0 Å². The lowest BCUT2D eigenvalue weighted by molar-refractivity contribution is -0.127. The van der Waals surface area contributed by atoms with Gasteiger partial charge in [-0.05, 0) is 37.7 Å². The summed E-state index contributed by atoms with van der Waals surface area (Å²) in [6.45, 7) is 7.24. The van der Waals surface area contributed by atoms with Gasteiger partial charge >= 0.3 is 0 Å². The molecule has 1 unspecified atom stereocenters. The number of nitrogens with zero attached hydrogens (tertiary/aromatic N) is 2. The number of nitrogens with one attached hydrogen (secondary N) is 1. The number of hydrogen-bond acceptors (Lipinski definition) is 3. The topological polar surface area (TPSA) is 56.2 Å². The van der Waals surface area contributed by atoms with Gasteiger partial charge in [0.05, 0.1) is 5.69 Å². The van der Waals surface area contributed by atoms with Gasteiger partial charge < -0.3 is 10.1 Å².